The van der Waals surface area contributed by atoms with Crippen molar-refractivity contribution in [2.24, 2.45) is 11.3 Å². The molecule has 150 valence electrons. The van der Waals surface area contributed by atoms with Gasteiger partial charge < -0.3 is 10.6 Å². The van der Waals surface area contributed by atoms with Gasteiger partial charge in [-0.3, -0.25) is 4.79 Å². The molecular formula is C22H25ClF2N2O. The zero-order valence-corrected chi connectivity index (χ0v) is 17.0. The number of carbonyl (C=O) groups is 1. The first kappa shape index (κ1) is 20.7. The molecule has 2 aromatic rings. The summed E-state index contributed by atoms with van der Waals surface area (Å²) in [6.45, 7) is 6.77. The molecule has 3 atom stereocenters. The lowest BCUT2D eigenvalue weighted by atomic mass is 9.78. The predicted molar refractivity (Wildman–Crippen MR) is 109 cm³/mol. The van der Waals surface area contributed by atoms with Crippen LogP contribution in [0.15, 0.2) is 42.5 Å². The fraction of sp³-hybridized carbons (Fsp3) is 0.409. The van der Waals surface area contributed by atoms with Crippen LogP contribution >= 0.6 is 11.6 Å². The minimum absolute atomic E-state index is 0.0170. The summed E-state index contributed by atoms with van der Waals surface area (Å²) in [7, 11) is 0. The van der Waals surface area contributed by atoms with Gasteiger partial charge in [0.05, 0.1) is 10.9 Å². The van der Waals surface area contributed by atoms with E-state index < -0.39 is 17.6 Å². The third kappa shape index (κ3) is 4.70. The van der Waals surface area contributed by atoms with Crippen molar-refractivity contribution in [1.82, 2.24) is 5.32 Å². The van der Waals surface area contributed by atoms with Crippen LogP contribution in [0.25, 0.3) is 0 Å². The molecule has 3 nitrogen and oxygen atoms in total. The standard InChI is InChI=1S/C22H25ClF2N2O/c1-22(2,3)11-18-19(21(28)27-14-7-4-6-13(24)10-14)16(12-26-18)15-8-5-9-17(23)20(15)25/h4-10,16,18-19,26H,11-12H2,1-3H3,(H,27,28). The van der Waals surface area contributed by atoms with E-state index in [1.165, 1.54) is 18.2 Å². The van der Waals surface area contributed by atoms with Crippen LogP contribution in [0.3, 0.4) is 0 Å². The summed E-state index contributed by atoms with van der Waals surface area (Å²) < 4.78 is 28.2. The van der Waals surface area contributed by atoms with E-state index in [0.717, 1.165) is 6.42 Å². The maximum Gasteiger partial charge on any atom is 0.229 e. The first-order chi connectivity index (χ1) is 13.2. The topological polar surface area (TPSA) is 41.1 Å². The van der Waals surface area contributed by atoms with Crippen LogP contribution in [0.4, 0.5) is 14.5 Å². The molecule has 1 fully saturated rings. The van der Waals surface area contributed by atoms with Crippen molar-refractivity contribution < 1.29 is 13.6 Å². The monoisotopic (exact) mass is 406 g/mol. The first-order valence-electron chi connectivity index (χ1n) is 9.39. The maximum atomic E-state index is 14.7. The second-order valence-electron chi connectivity index (χ2n) is 8.55. The molecule has 0 radical (unpaired) electrons. The van der Waals surface area contributed by atoms with Gasteiger partial charge in [-0.15, -0.1) is 0 Å². The zero-order chi connectivity index (χ0) is 20.5. The lowest BCUT2D eigenvalue weighted by Gasteiger charge is -2.29. The van der Waals surface area contributed by atoms with E-state index in [2.05, 4.69) is 31.4 Å². The van der Waals surface area contributed by atoms with E-state index in [1.807, 2.05) is 0 Å². The summed E-state index contributed by atoms with van der Waals surface area (Å²) >= 11 is 5.97. The van der Waals surface area contributed by atoms with Gasteiger partial charge in [0.2, 0.25) is 5.91 Å². The van der Waals surface area contributed by atoms with Crippen LogP contribution in [0.2, 0.25) is 5.02 Å². The second-order valence-corrected chi connectivity index (χ2v) is 8.96. The van der Waals surface area contributed by atoms with Gasteiger partial charge in [0.25, 0.3) is 0 Å². The predicted octanol–water partition coefficient (Wildman–Crippen LogP) is 5.36. The molecule has 1 aliphatic rings. The number of rotatable bonds is 4. The molecule has 1 heterocycles. The van der Waals surface area contributed by atoms with Crippen LogP contribution in [0, 0.1) is 23.0 Å². The largest absolute Gasteiger partial charge is 0.326 e. The number of hydrogen-bond donors (Lipinski definition) is 2. The molecule has 1 aliphatic heterocycles. The van der Waals surface area contributed by atoms with E-state index in [4.69, 9.17) is 11.6 Å². The SMILES string of the molecule is CC(C)(C)CC1NCC(c2cccc(Cl)c2F)C1C(=O)Nc1cccc(F)c1. The van der Waals surface area contributed by atoms with E-state index in [0.29, 0.717) is 17.8 Å². The summed E-state index contributed by atoms with van der Waals surface area (Å²) in [5.41, 5.74) is 0.795. The van der Waals surface area contributed by atoms with Gasteiger partial charge in [0, 0.05) is 24.2 Å². The molecule has 3 unspecified atom stereocenters. The van der Waals surface area contributed by atoms with Gasteiger partial charge in [-0.05, 0) is 41.7 Å². The number of amides is 1. The molecule has 0 aliphatic carbocycles. The summed E-state index contributed by atoms with van der Waals surface area (Å²) in [6.07, 6.45) is 0.743. The van der Waals surface area contributed by atoms with E-state index >= 15 is 0 Å². The van der Waals surface area contributed by atoms with Gasteiger partial charge in [0.15, 0.2) is 0 Å². The lowest BCUT2D eigenvalue weighted by molar-refractivity contribution is -0.120. The lowest BCUT2D eigenvalue weighted by Crippen LogP contribution is -2.38. The fourth-order valence-electron chi connectivity index (χ4n) is 3.94. The Morgan fingerprint density at radius 2 is 1.93 bits per heavy atom. The maximum absolute atomic E-state index is 14.7. The summed E-state index contributed by atoms with van der Waals surface area (Å²) in [5.74, 6) is -2.04. The molecule has 0 aromatic heterocycles. The Labute approximate surface area is 169 Å². The Hall–Kier alpha value is -1.98. The highest BCUT2D eigenvalue weighted by Crippen LogP contribution is 2.39. The summed E-state index contributed by atoms with van der Waals surface area (Å²) in [6, 6.07) is 10.5. The summed E-state index contributed by atoms with van der Waals surface area (Å²) in [4.78, 5) is 13.2. The normalized spacial score (nSPS) is 22.3. The van der Waals surface area contributed by atoms with Gasteiger partial charge in [0.1, 0.15) is 11.6 Å². The molecule has 1 amide bonds. The molecule has 2 N–H and O–H groups in total. The van der Waals surface area contributed by atoms with E-state index in [1.54, 1.807) is 24.3 Å². The summed E-state index contributed by atoms with van der Waals surface area (Å²) in [5, 5.41) is 6.23. The van der Waals surface area contributed by atoms with Gasteiger partial charge >= 0.3 is 0 Å². The Morgan fingerprint density at radius 3 is 2.61 bits per heavy atom. The molecule has 28 heavy (non-hydrogen) atoms. The Kier molecular flexibility index (Phi) is 6.06. The zero-order valence-electron chi connectivity index (χ0n) is 16.2. The van der Waals surface area contributed by atoms with Crippen molar-refractivity contribution >= 4 is 23.2 Å². The number of carbonyl (C=O) groups excluding carboxylic acids is 1. The van der Waals surface area contributed by atoms with Gasteiger partial charge in [-0.2, -0.15) is 0 Å². The van der Waals surface area contributed by atoms with Crippen LogP contribution in [-0.4, -0.2) is 18.5 Å². The molecule has 6 heteroatoms. The number of halogens is 3. The average Bonchev–Trinajstić information content (AvgIpc) is 2.99. The Bertz CT molecular complexity index is 866. The third-order valence-corrected chi connectivity index (χ3v) is 5.37. The Morgan fingerprint density at radius 1 is 1.21 bits per heavy atom. The molecule has 3 rings (SSSR count). The van der Waals surface area contributed by atoms with Gasteiger partial charge in [-0.1, -0.05) is 50.6 Å². The van der Waals surface area contributed by atoms with Crippen LogP contribution < -0.4 is 10.6 Å². The quantitative estimate of drug-likeness (QED) is 0.717. The molecular weight excluding hydrogens is 382 g/mol. The van der Waals surface area contributed by atoms with Crippen molar-refractivity contribution in [3.05, 3.63) is 64.7 Å². The van der Waals surface area contributed by atoms with Crippen molar-refractivity contribution in [3.8, 4) is 0 Å². The molecule has 2 aromatic carbocycles. The van der Waals surface area contributed by atoms with Crippen molar-refractivity contribution in [2.45, 2.75) is 39.2 Å². The highest BCUT2D eigenvalue weighted by atomic mass is 35.5. The minimum Gasteiger partial charge on any atom is -0.326 e. The van der Waals surface area contributed by atoms with Crippen molar-refractivity contribution in [1.29, 1.82) is 0 Å². The fourth-order valence-corrected chi connectivity index (χ4v) is 4.12. The highest BCUT2D eigenvalue weighted by molar-refractivity contribution is 6.30. The second kappa shape index (κ2) is 8.18. The number of hydrogen-bond acceptors (Lipinski definition) is 2. The van der Waals surface area contributed by atoms with Crippen molar-refractivity contribution in [2.75, 3.05) is 11.9 Å². The molecule has 0 bridgehead atoms. The first-order valence-corrected chi connectivity index (χ1v) is 9.77. The number of nitrogens with one attached hydrogen (secondary N) is 2. The van der Waals surface area contributed by atoms with Crippen molar-refractivity contribution in [3.63, 3.8) is 0 Å². The average molecular weight is 407 g/mol. The molecule has 0 spiro atoms. The number of benzene rings is 2. The van der Waals surface area contributed by atoms with Crippen LogP contribution in [0.1, 0.15) is 38.7 Å². The van der Waals surface area contributed by atoms with E-state index in [9.17, 15) is 13.6 Å². The Balaban J connectivity index is 1.93. The molecule has 1 saturated heterocycles. The highest BCUT2D eigenvalue weighted by Gasteiger charge is 2.43. The van der Waals surface area contributed by atoms with E-state index in [-0.39, 0.29) is 28.3 Å². The van der Waals surface area contributed by atoms with Crippen LogP contribution in [-0.2, 0) is 4.79 Å². The molecule has 0 saturated carbocycles. The van der Waals surface area contributed by atoms with Gasteiger partial charge in [-0.25, -0.2) is 8.78 Å². The minimum atomic E-state index is -0.504. The third-order valence-electron chi connectivity index (χ3n) is 5.08. The number of anilines is 1. The smallest absolute Gasteiger partial charge is 0.229 e. The van der Waals surface area contributed by atoms with Crippen LogP contribution in [0.5, 0.6) is 0 Å².